The zero-order chi connectivity index (χ0) is 35.3. The third-order valence-electron chi connectivity index (χ3n) is 13.9. The van der Waals surface area contributed by atoms with Gasteiger partial charge >= 0.3 is 0 Å². The Balaban J connectivity index is 1.13. The van der Waals surface area contributed by atoms with E-state index in [0.717, 1.165) is 93.0 Å². The normalized spacial score (nSPS) is 36.5. The second-order valence-corrected chi connectivity index (χ2v) is 20.5. The first-order chi connectivity index (χ1) is 24.6. The third-order valence-corrected chi connectivity index (χ3v) is 16.6. The van der Waals surface area contributed by atoms with Gasteiger partial charge in [-0.2, -0.15) is 0 Å². The lowest BCUT2D eigenvalue weighted by Crippen LogP contribution is -2.60. The number of rotatable bonds is 2. The summed E-state index contributed by atoms with van der Waals surface area (Å²) < 4.78 is 22.6. The molecule has 6 unspecified atom stereocenters. The van der Waals surface area contributed by atoms with Crippen molar-refractivity contribution < 1.29 is 13.7 Å². The number of carbonyl (C=O) groups excluding carboxylic acids is 1. The molecule has 8 rings (SSSR count). The maximum Gasteiger partial charge on any atom is 0.261 e. The van der Waals surface area contributed by atoms with Crippen molar-refractivity contribution in [1.82, 2.24) is 14.5 Å². The number of piperazine rings is 1. The van der Waals surface area contributed by atoms with E-state index in [4.69, 9.17) is 16.3 Å². The van der Waals surface area contributed by atoms with Gasteiger partial charge in [0.2, 0.25) is 0 Å². The van der Waals surface area contributed by atoms with Gasteiger partial charge in [-0.25, -0.2) is 0 Å². The van der Waals surface area contributed by atoms with E-state index >= 15 is 0 Å². The third kappa shape index (κ3) is 7.37. The number of amides is 1. The molecule has 1 saturated carbocycles. The van der Waals surface area contributed by atoms with Crippen molar-refractivity contribution in [3.8, 4) is 5.75 Å². The number of anilines is 1. The minimum absolute atomic E-state index is 0.0264. The molecule has 10 heteroatoms. The molecule has 2 bridgehead atoms. The summed E-state index contributed by atoms with van der Waals surface area (Å²) in [5.74, 6) is 4.25. The first-order valence-electron chi connectivity index (χ1n) is 19.7. The van der Waals surface area contributed by atoms with E-state index in [1.54, 1.807) is 11.9 Å². The fourth-order valence-corrected chi connectivity index (χ4v) is 12.9. The quantitative estimate of drug-likeness (QED) is 0.326. The Kier molecular flexibility index (Phi) is 10.5. The largest absolute Gasteiger partial charge is 0.490 e. The summed E-state index contributed by atoms with van der Waals surface area (Å²) in [7, 11) is -0.679. The molecule has 1 amide bonds. The second kappa shape index (κ2) is 14.8. The van der Waals surface area contributed by atoms with E-state index < -0.39 is 10.8 Å². The number of nitrogens with one attached hydrogen (secondary N) is 1. The molecule has 2 aliphatic carbocycles. The number of benzene rings is 2. The molecule has 2 saturated heterocycles. The maximum absolute atomic E-state index is 13.6. The van der Waals surface area contributed by atoms with Gasteiger partial charge in [0.25, 0.3) is 5.91 Å². The molecule has 51 heavy (non-hydrogen) atoms. The summed E-state index contributed by atoms with van der Waals surface area (Å²) in [6.07, 6.45) is 9.37. The minimum Gasteiger partial charge on any atom is -0.490 e. The van der Waals surface area contributed by atoms with Crippen LogP contribution in [0.5, 0.6) is 5.75 Å². The van der Waals surface area contributed by atoms with Crippen LogP contribution in [0.25, 0.3) is 0 Å². The molecule has 8 atom stereocenters. The van der Waals surface area contributed by atoms with E-state index in [-0.39, 0.29) is 16.7 Å². The summed E-state index contributed by atoms with van der Waals surface area (Å²) >= 11 is 8.11. The highest BCUT2D eigenvalue weighted by Gasteiger charge is 2.48. The number of hydrogen-bond donors (Lipinski definition) is 1. The van der Waals surface area contributed by atoms with Crippen LogP contribution in [0.3, 0.4) is 0 Å². The second-order valence-electron chi connectivity index (χ2n) is 17.2. The van der Waals surface area contributed by atoms with Crippen LogP contribution < -0.4 is 14.4 Å². The molecule has 1 spiro atoms. The topological polar surface area (TPSA) is 65.1 Å². The van der Waals surface area contributed by atoms with Gasteiger partial charge in [-0.1, -0.05) is 44.9 Å². The molecular formula is C41H57ClN4O3S2. The smallest absolute Gasteiger partial charge is 0.261 e. The Morgan fingerprint density at radius 3 is 2.76 bits per heavy atom. The van der Waals surface area contributed by atoms with Crippen LogP contribution in [0, 0.1) is 23.2 Å². The van der Waals surface area contributed by atoms with Gasteiger partial charge in [0, 0.05) is 95.4 Å². The highest BCUT2D eigenvalue weighted by molar-refractivity contribution is 7.98. The lowest BCUT2D eigenvalue weighted by atomic mass is 9.57. The predicted octanol–water partition coefficient (Wildman–Crippen LogP) is 7.18. The zero-order valence-corrected chi connectivity index (χ0v) is 33.2. The van der Waals surface area contributed by atoms with E-state index in [0.29, 0.717) is 41.2 Å². The molecule has 0 radical (unpaired) electrons. The molecular weight excluding hydrogens is 696 g/mol. The predicted molar refractivity (Wildman–Crippen MR) is 212 cm³/mol. The molecule has 4 heterocycles. The first-order valence-corrected chi connectivity index (χ1v) is 22.4. The van der Waals surface area contributed by atoms with Crippen molar-refractivity contribution in [2.24, 2.45) is 23.2 Å². The molecule has 0 aromatic heterocycles. The maximum atomic E-state index is 13.6. The molecule has 1 N–H and O–H groups in total. The number of carbonyl (C=O) groups is 1. The Bertz CT molecular complexity index is 1640. The number of hydrogen-bond acceptors (Lipinski definition) is 7. The van der Waals surface area contributed by atoms with E-state index in [1.165, 1.54) is 43.2 Å². The van der Waals surface area contributed by atoms with Crippen LogP contribution in [0.2, 0.25) is 5.02 Å². The molecule has 6 aliphatic rings. The van der Waals surface area contributed by atoms with Gasteiger partial charge in [0.1, 0.15) is 5.75 Å². The SMILES string of the molecule is CC1CCCC(C)(CN2CCN3CCS(=O)C[C@H]3C2)C2CCC2CN2C[C@@]3(CCCc4cc(Cl)ccc43)COc3ccc(cc32)C(=O)NSC1C. The molecule has 3 fully saturated rings. The van der Waals surface area contributed by atoms with Crippen LogP contribution in [0.1, 0.15) is 87.2 Å². The number of halogens is 1. The number of fused-ring (bicyclic) bond motifs is 5. The van der Waals surface area contributed by atoms with Crippen LogP contribution in [0.4, 0.5) is 5.69 Å². The summed E-state index contributed by atoms with van der Waals surface area (Å²) in [6.45, 7) is 15.1. The number of ether oxygens (including phenoxy) is 1. The molecule has 2 aromatic carbocycles. The first kappa shape index (κ1) is 36.2. The minimum atomic E-state index is -0.679. The van der Waals surface area contributed by atoms with Crippen LogP contribution in [-0.4, -0.2) is 95.1 Å². The van der Waals surface area contributed by atoms with Gasteiger partial charge in [0.15, 0.2) is 0 Å². The molecule has 278 valence electrons. The van der Waals surface area contributed by atoms with Crippen LogP contribution in [0.15, 0.2) is 36.4 Å². The lowest BCUT2D eigenvalue weighted by Gasteiger charge is -2.54. The average molecular weight is 754 g/mol. The van der Waals surface area contributed by atoms with E-state index in [1.807, 2.05) is 12.1 Å². The van der Waals surface area contributed by atoms with E-state index in [2.05, 4.69) is 64.5 Å². The Morgan fingerprint density at radius 1 is 1.04 bits per heavy atom. The van der Waals surface area contributed by atoms with Crippen molar-refractivity contribution in [3.05, 3.63) is 58.1 Å². The van der Waals surface area contributed by atoms with Crippen LogP contribution >= 0.6 is 23.5 Å². The van der Waals surface area contributed by atoms with Gasteiger partial charge in [0.05, 0.1) is 12.3 Å². The Labute approximate surface area is 317 Å². The Hall–Kier alpha value is -1.78. The van der Waals surface area contributed by atoms with Crippen molar-refractivity contribution >= 4 is 45.9 Å². The fourth-order valence-electron chi connectivity index (χ4n) is 10.6. The lowest BCUT2D eigenvalue weighted by molar-refractivity contribution is -0.0223. The van der Waals surface area contributed by atoms with Gasteiger partial charge < -0.3 is 9.64 Å². The molecule has 2 aromatic rings. The van der Waals surface area contributed by atoms with Crippen molar-refractivity contribution in [2.75, 3.05) is 68.8 Å². The summed E-state index contributed by atoms with van der Waals surface area (Å²) in [5.41, 5.74) is 4.57. The van der Waals surface area contributed by atoms with Crippen molar-refractivity contribution in [3.63, 3.8) is 0 Å². The monoisotopic (exact) mass is 752 g/mol. The van der Waals surface area contributed by atoms with Gasteiger partial charge in [-0.3, -0.25) is 23.5 Å². The van der Waals surface area contributed by atoms with Crippen LogP contribution in [-0.2, 0) is 22.6 Å². The van der Waals surface area contributed by atoms with Gasteiger partial charge in [-0.05, 0) is 122 Å². The zero-order valence-electron chi connectivity index (χ0n) is 30.8. The summed E-state index contributed by atoms with van der Waals surface area (Å²) in [6, 6.07) is 13.0. The molecule has 4 aliphatic heterocycles. The fraction of sp³-hybridized carbons (Fsp3) is 0.683. The number of nitrogens with zero attached hydrogens (tertiary/aromatic N) is 3. The highest BCUT2D eigenvalue weighted by atomic mass is 35.5. The summed E-state index contributed by atoms with van der Waals surface area (Å²) in [5, 5.41) is 1.13. The average Bonchev–Trinajstić information content (AvgIpc) is 3.24. The molecule has 7 nitrogen and oxygen atoms in total. The Morgan fingerprint density at radius 2 is 1.92 bits per heavy atom. The van der Waals surface area contributed by atoms with Gasteiger partial charge in [-0.15, -0.1) is 0 Å². The van der Waals surface area contributed by atoms with E-state index in [9.17, 15) is 9.00 Å². The summed E-state index contributed by atoms with van der Waals surface area (Å²) in [4.78, 5) is 21.6. The highest BCUT2D eigenvalue weighted by Crippen LogP contribution is 2.52. The van der Waals surface area contributed by atoms with Crippen molar-refractivity contribution in [1.29, 1.82) is 0 Å². The van der Waals surface area contributed by atoms with Crippen molar-refractivity contribution in [2.45, 2.75) is 88.8 Å². The standard InChI is InChI=1S/C41H57ClN4O3S2/c1-28-6-4-14-40(3,25-44-16-17-45-18-19-51(48)24-34(45)23-44)35-11-8-32(35)22-46-26-41(15-5-7-30-20-33(42)10-12-36(30)41)27-49-38-13-9-31(21-37(38)46)39(47)43-50-29(28)2/h9-10,12-13,20-21,28-29,32,34-35H,4-8,11,14-19,22-27H2,1-3H3,(H,43,47)/t28?,29?,32?,34-,35?,40?,41+,51?/m1/s1. The number of aryl methyl sites for hydroxylation is 1.